The number of hydrogen-bond donors (Lipinski definition) is 2. The molecule has 1 aromatic heterocycles. The van der Waals surface area contributed by atoms with E-state index in [0.29, 0.717) is 12.1 Å². The van der Waals surface area contributed by atoms with Crippen molar-refractivity contribution >= 4 is 0 Å². The van der Waals surface area contributed by atoms with E-state index in [1.807, 2.05) is 6.20 Å². The number of aromatic amines is 1. The summed E-state index contributed by atoms with van der Waals surface area (Å²) in [5.41, 5.74) is 1.33. The van der Waals surface area contributed by atoms with Gasteiger partial charge in [-0.25, -0.2) is 0 Å². The molecule has 1 aliphatic rings. The molecule has 3 heteroatoms. The maximum Gasteiger partial charge on any atom is 0.0470 e. The molecule has 0 amide bonds. The van der Waals surface area contributed by atoms with Crippen molar-refractivity contribution in [3.8, 4) is 0 Å². The molecule has 0 saturated carbocycles. The topological polar surface area (TPSA) is 31.1 Å². The summed E-state index contributed by atoms with van der Waals surface area (Å²) in [6.45, 7) is 4.67. The molecule has 1 fully saturated rings. The Bertz CT molecular complexity index is 281. The average molecular weight is 207 g/mol. The molecular weight excluding hydrogens is 186 g/mol. The van der Waals surface area contributed by atoms with Gasteiger partial charge in [0.25, 0.3) is 0 Å². The second kappa shape index (κ2) is 4.81. The second-order valence-corrected chi connectivity index (χ2v) is 4.42. The zero-order chi connectivity index (χ0) is 10.7. The van der Waals surface area contributed by atoms with E-state index >= 15 is 0 Å². The van der Waals surface area contributed by atoms with Gasteiger partial charge < -0.3 is 10.3 Å². The minimum Gasteiger partial charge on any atom is -0.364 e. The van der Waals surface area contributed by atoms with Crippen LogP contribution in [0.15, 0.2) is 18.3 Å². The van der Waals surface area contributed by atoms with Crippen LogP contribution in [-0.4, -0.2) is 36.1 Å². The van der Waals surface area contributed by atoms with Gasteiger partial charge in [0.2, 0.25) is 0 Å². The molecule has 0 aliphatic carbocycles. The Balaban J connectivity index is 1.98. The number of nitrogens with one attached hydrogen (secondary N) is 2. The number of likely N-dealkylation sites (tertiary alicyclic amines) is 1. The van der Waals surface area contributed by atoms with E-state index in [-0.39, 0.29) is 0 Å². The van der Waals surface area contributed by atoms with Gasteiger partial charge in [-0.15, -0.1) is 0 Å². The fourth-order valence-electron chi connectivity index (χ4n) is 2.39. The van der Waals surface area contributed by atoms with Crippen molar-refractivity contribution in [1.29, 1.82) is 0 Å². The molecule has 2 heterocycles. The van der Waals surface area contributed by atoms with Gasteiger partial charge in [-0.2, -0.15) is 0 Å². The van der Waals surface area contributed by atoms with Gasteiger partial charge in [0, 0.05) is 30.5 Å². The molecule has 1 saturated heterocycles. The summed E-state index contributed by atoms with van der Waals surface area (Å²) in [4.78, 5) is 5.86. The van der Waals surface area contributed by atoms with Crippen molar-refractivity contribution in [3.63, 3.8) is 0 Å². The number of piperidine rings is 1. The number of hydrogen-bond acceptors (Lipinski definition) is 2. The van der Waals surface area contributed by atoms with Gasteiger partial charge in [0.15, 0.2) is 0 Å². The minimum absolute atomic E-state index is 0.510. The standard InChI is InChI=1S/C12H21N3/c1-10(12-6-3-7-14-12)15-8-4-5-11(9-15)13-2/h3,6-7,10-11,13-14H,4-5,8-9H2,1-2H3/t10-,11+/m1/s1. The van der Waals surface area contributed by atoms with Gasteiger partial charge in [-0.05, 0) is 45.5 Å². The summed E-state index contributed by atoms with van der Waals surface area (Å²) in [5.74, 6) is 0. The van der Waals surface area contributed by atoms with Crippen molar-refractivity contribution in [2.24, 2.45) is 0 Å². The Kier molecular flexibility index (Phi) is 3.44. The Morgan fingerprint density at radius 3 is 3.13 bits per heavy atom. The van der Waals surface area contributed by atoms with E-state index < -0.39 is 0 Å². The maximum atomic E-state index is 3.38. The summed E-state index contributed by atoms with van der Waals surface area (Å²) in [6.07, 6.45) is 4.62. The highest BCUT2D eigenvalue weighted by Crippen LogP contribution is 2.22. The average Bonchev–Trinajstić information content (AvgIpc) is 2.81. The molecule has 0 aromatic carbocycles. The van der Waals surface area contributed by atoms with Crippen molar-refractivity contribution in [1.82, 2.24) is 15.2 Å². The number of nitrogens with zero attached hydrogens (tertiary/aromatic N) is 1. The molecular formula is C12H21N3. The van der Waals surface area contributed by atoms with Crippen molar-refractivity contribution < 1.29 is 0 Å². The van der Waals surface area contributed by atoms with Crippen LogP contribution in [0.4, 0.5) is 0 Å². The lowest BCUT2D eigenvalue weighted by Gasteiger charge is -2.36. The highest BCUT2D eigenvalue weighted by Gasteiger charge is 2.23. The summed E-state index contributed by atoms with van der Waals surface area (Å²) >= 11 is 0. The molecule has 1 aliphatic heterocycles. The lowest BCUT2D eigenvalue weighted by molar-refractivity contribution is 0.147. The Hall–Kier alpha value is -0.800. The summed E-state index contributed by atoms with van der Waals surface area (Å²) in [5, 5.41) is 3.38. The molecule has 0 radical (unpaired) electrons. The first-order valence-electron chi connectivity index (χ1n) is 5.86. The normalized spacial score (nSPS) is 25.3. The van der Waals surface area contributed by atoms with E-state index in [9.17, 15) is 0 Å². The molecule has 2 N–H and O–H groups in total. The summed E-state index contributed by atoms with van der Waals surface area (Å²) in [7, 11) is 2.06. The lowest BCUT2D eigenvalue weighted by Crippen LogP contribution is -2.45. The van der Waals surface area contributed by atoms with Gasteiger partial charge in [0.05, 0.1) is 0 Å². The highest BCUT2D eigenvalue weighted by atomic mass is 15.2. The van der Waals surface area contributed by atoms with E-state index in [2.05, 4.69) is 41.3 Å². The zero-order valence-electron chi connectivity index (χ0n) is 9.66. The van der Waals surface area contributed by atoms with Crippen LogP contribution in [-0.2, 0) is 0 Å². The van der Waals surface area contributed by atoms with Crippen LogP contribution in [0.25, 0.3) is 0 Å². The summed E-state index contributed by atoms with van der Waals surface area (Å²) in [6, 6.07) is 5.42. The third-order valence-corrected chi connectivity index (χ3v) is 3.48. The molecule has 2 rings (SSSR count). The van der Waals surface area contributed by atoms with E-state index in [1.54, 1.807) is 0 Å². The first-order chi connectivity index (χ1) is 7.31. The van der Waals surface area contributed by atoms with Crippen LogP contribution in [0, 0.1) is 0 Å². The van der Waals surface area contributed by atoms with Crippen LogP contribution in [0.5, 0.6) is 0 Å². The van der Waals surface area contributed by atoms with Crippen LogP contribution in [0.1, 0.15) is 31.5 Å². The number of H-pyrrole nitrogens is 1. The molecule has 2 atom stereocenters. The third-order valence-electron chi connectivity index (χ3n) is 3.48. The fraction of sp³-hybridized carbons (Fsp3) is 0.667. The quantitative estimate of drug-likeness (QED) is 0.791. The molecule has 0 spiro atoms. The number of likely N-dealkylation sites (N-methyl/N-ethyl adjacent to an activating group) is 1. The Morgan fingerprint density at radius 1 is 1.60 bits per heavy atom. The highest BCUT2D eigenvalue weighted by molar-refractivity contribution is 5.08. The van der Waals surface area contributed by atoms with Crippen LogP contribution in [0.3, 0.4) is 0 Å². The van der Waals surface area contributed by atoms with E-state index in [1.165, 1.54) is 25.1 Å². The third kappa shape index (κ3) is 2.41. The minimum atomic E-state index is 0.510. The number of rotatable bonds is 3. The fourth-order valence-corrected chi connectivity index (χ4v) is 2.39. The zero-order valence-corrected chi connectivity index (χ0v) is 9.66. The molecule has 1 aromatic rings. The monoisotopic (exact) mass is 207 g/mol. The molecule has 3 nitrogen and oxygen atoms in total. The second-order valence-electron chi connectivity index (χ2n) is 4.42. The van der Waals surface area contributed by atoms with E-state index in [4.69, 9.17) is 0 Å². The van der Waals surface area contributed by atoms with Gasteiger partial charge in [0.1, 0.15) is 0 Å². The predicted molar refractivity (Wildman–Crippen MR) is 62.9 cm³/mol. The van der Waals surface area contributed by atoms with Gasteiger partial charge >= 0.3 is 0 Å². The maximum absolute atomic E-state index is 3.38. The Labute approximate surface area is 91.9 Å². The van der Waals surface area contributed by atoms with E-state index in [0.717, 1.165) is 6.54 Å². The summed E-state index contributed by atoms with van der Waals surface area (Å²) < 4.78 is 0. The molecule has 84 valence electrons. The Morgan fingerprint density at radius 2 is 2.47 bits per heavy atom. The SMILES string of the molecule is CN[C@H]1CCCN([C@H](C)c2ccc[nH]2)C1. The number of aromatic nitrogens is 1. The van der Waals surface area contributed by atoms with Gasteiger partial charge in [-0.3, -0.25) is 4.90 Å². The molecule has 0 bridgehead atoms. The van der Waals surface area contributed by atoms with Gasteiger partial charge in [-0.1, -0.05) is 0 Å². The molecule has 15 heavy (non-hydrogen) atoms. The smallest absolute Gasteiger partial charge is 0.0470 e. The van der Waals surface area contributed by atoms with Crippen LogP contribution in [0.2, 0.25) is 0 Å². The first kappa shape index (κ1) is 10.7. The lowest BCUT2D eigenvalue weighted by atomic mass is 10.0. The van der Waals surface area contributed by atoms with Crippen molar-refractivity contribution in [3.05, 3.63) is 24.0 Å². The first-order valence-corrected chi connectivity index (χ1v) is 5.86. The largest absolute Gasteiger partial charge is 0.364 e. The van der Waals surface area contributed by atoms with Crippen molar-refractivity contribution in [2.45, 2.75) is 31.8 Å². The van der Waals surface area contributed by atoms with Crippen molar-refractivity contribution in [2.75, 3.05) is 20.1 Å². The van der Waals surface area contributed by atoms with Crippen LogP contribution >= 0.6 is 0 Å². The molecule has 0 unspecified atom stereocenters. The van der Waals surface area contributed by atoms with Crippen LogP contribution < -0.4 is 5.32 Å². The predicted octanol–water partition coefficient (Wildman–Crippen LogP) is 1.76.